The highest BCUT2D eigenvalue weighted by molar-refractivity contribution is 7.92. The summed E-state index contributed by atoms with van der Waals surface area (Å²) in [6, 6.07) is 12.4. The SMILES string of the molecule is Cc1ccc(NS(=O)(=O)c2ccc(Cl)cc2)c(OCc2cc(=O)n3ccsc3n2)c1. The second kappa shape index (κ2) is 8.10. The third kappa shape index (κ3) is 4.33. The third-order valence-corrected chi connectivity index (χ3v) is 6.63. The van der Waals surface area contributed by atoms with Crippen molar-refractivity contribution in [1.29, 1.82) is 0 Å². The lowest BCUT2D eigenvalue weighted by molar-refractivity contribution is 0.303. The van der Waals surface area contributed by atoms with Crippen LogP contribution in [0.2, 0.25) is 5.02 Å². The van der Waals surface area contributed by atoms with Gasteiger partial charge in [-0.15, -0.1) is 11.3 Å². The molecule has 10 heteroatoms. The summed E-state index contributed by atoms with van der Waals surface area (Å²) in [5.74, 6) is 0.334. The molecule has 2 heterocycles. The van der Waals surface area contributed by atoms with Gasteiger partial charge in [-0.05, 0) is 48.9 Å². The molecule has 0 amide bonds. The molecule has 7 nitrogen and oxygen atoms in total. The normalized spacial score (nSPS) is 11.5. The maximum atomic E-state index is 12.7. The Morgan fingerprint density at radius 2 is 1.93 bits per heavy atom. The van der Waals surface area contributed by atoms with Crippen molar-refractivity contribution in [1.82, 2.24) is 9.38 Å². The molecule has 0 aliphatic carbocycles. The minimum Gasteiger partial charge on any atom is -0.485 e. The van der Waals surface area contributed by atoms with Gasteiger partial charge in [0.25, 0.3) is 15.6 Å². The Balaban J connectivity index is 1.60. The third-order valence-electron chi connectivity index (χ3n) is 4.24. The average Bonchev–Trinajstić information content (AvgIpc) is 3.18. The number of hydrogen-bond acceptors (Lipinski definition) is 6. The second-order valence-corrected chi connectivity index (χ2v) is 9.48. The lowest BCUT2D eigenvalue weighted by atomic mass is 10.2. The van der Waals surface area contributed by atoms with Crippen LogP contribution < -0.4 is 15.0 Å². The minimum atomic E-state index is -3.83. The Morgan fingerprint density at radius 3 is 2.70 bits per heavy atom. The fourth-order valence-electron chi connectivity index (χ4n) is 2.76. The van der Waals surface area contributed by atoms with Crippen molar-refractivity contribution in [3.05, 3.63) is 86.7 Å². The number of rotatable bonds is 6. The minimum absolute atomic E-state index is 0.0166. The summed E-state index contributed by atoms with van der Waals surface area (Å²) in [4.78, 5) is 17.2. The van der Waals surface area contributed by atoms with Crippen LogP contribution in [0.4, 0.5) is 5.69 Å². The van der Waals surface area contributed by atoms with Crippen molar-refractivity contribution >= 4 is 43.6 Å². The van der Waals surface area contributed by atoms with Crippen LogP contribution in [0.1, 0.15) is 11.3 Å². The number of nitrogens with zero attached hydrogens (tertiary/aromatic N) is 2. The van der Waals surface area contributed by atoms with Gasteiger partial charge in [-0.1, -0.05) is 17.7 Å². The molecule has 0 fully saturated rings. The van der Waals surface area contributed by atoms with Gasteiger partial charge in [-0.3, -0.25) is 13.9 Å². The van der Waals surface area contributed by atoms with Crippen LogP contribution in [-0.4, -0.2) is 17.8 Å². The molecule has 0 bridgehead atoms. The molecular weight excluding hydrogens is 446 g/mol. The number of sulfonamides is 1. The zero-order chi connectivity index (χ0) is 21.3. The highest BCUT2D eigenvalue weighted by Gasteiger charge is 2.17. The first-order valence-corrected chi connectivity index (χ1v) is 11.5. The zero-order valence-corrected chi connectivity index (χ0v) is 18.1. The molecule has 2 aromatic carbocycles. The molecule has 0 unspecified atom stereocenters. The second-order valence-electron chi connectivity index (χ2n) is 6.49. The van der Waals surface area contributed by atoms with Gasteiger partial charge in [0.05, 0.1) is 16.3 Å². The van der Waals surface area contributed by atoms with E-state index in [0.717, 1.165) is 5.56 Å². The van der Waals surface area contributed by atoms with Gasteiger partial charge in [0, 0.05) is 22.7 Å². The van der Waals surface area contributed by atoms with E-state index in [-0.39, 0.29) is 22.7 Å². The number of aromatic nitrogens is 2. The number of nitrogens with one attached hydrogen (secondary N) is 1. The van der Waals surface area contributed by atoms with Crippen molar-refractivity contribution in [2.24, 2.45) is 0 Å². The highest BCUT2D eigenvalue weighted by Crippen LogP contribution is 2.29. The lowest BCUT2D eigenvalue weighted by Gasteiger charge is -2.14. The molecule has 0 aliphatic heterocycles. The van der Waals surface area contributed by atoms with Crippen LogP contribution in [0.5, 0.6) is 5.75 Å². The van der Waals surface area contributed by atoms with Crippen LogP contribution in [0, 0.1) is 6.92 Å². The van der Waals surface area contributed by atoms with Crippen LogP contribution in [0.3, 0.4) is 0 Å². The predicted molar refractivity (Wildman–Crippen MR) is 117 cm³/mol. The topological polar surface area (TPSA) is 89.8 Å². The molecule has 2 aromatic heterocycles. The van der Waals surface area contributed by atoms with E-state index in [4.69, 9.17) is 16.3 Å². The predicted octanol–water partition coefficient (Wildman–Crippen LogP) is 4.10. The molecule has 30 heavy (non-hydrogen) atoms. The molecule has 0 spiro atoms. The van der Waals surface area contributed by atoms with E-state index < -0.39 is 10.0 Å². The van der Waals surface area contributed by atoms with Gasteiger partial charge >= 0.3 is 0 Å². The average molecular weight is 462 g/mol. The van der Waals surface area contributed by atoms with Crippen molar-refractivity contribution in [2.45, 2.75) is 18.4 Å². The number of anilines is 1. The Morgan fingerprint density at radius 1 is 1.17 bits per heavy atom. The molecule has 0 saturated carbocycles. The number of aryl methyl sites for hydroxylation is 1. The Kier molecular flexibility index (Phi) is 5.50. The summed E-state index contributed by atoms with van der Waals surface area (Å²) in [5, 5.41) is 2.22. The standard InChI is InChI=1S/C20H16ClN3O4S2/c1-13-2-7-17(23-30(26,27)16-5-3-14(21)4-6-16)18(10-13)28-12-15-11-19(25)24-8-9-29-20(24)22-15/h2-11,23H,12H2,1H3. The molecule has 4 aromatic rings. The van der Waals surface area contributed by atoms with E-state index >= 15 is 0 Å². The monoisotopic (exact) mass is 461 g/mol. The number of ether oxygens (including phenoxy) is 1. The molecule has 1 N–H and O–H groups in total. The maximum Gasteiger partial charge on any atom is 0.262 e. The molecule has 4 rings (SSSR count). The van der Waals surface area contributed by atoms with Crippen molar-refractivity contribution < 1.29 is 13.2 Å². The van der Waals surface area contributed by atoms with E-state index in [2.05, 4.69) is 9.71 Å². The van der Waals surface area contributed by atoms with E-state index in [1.54, 1.807) is 29.8 Å². The summed E-state index contributed by atoms with van der Waals surface area (Å²) in [6.07, 6.45) is 1.66. The highest BCUT2D eigenvalue weighted by atomic mass is 35.5. The number of halogens is 1. The molecule has 0 saturated heterocycles. The number of hydrogen-bond donors (Lipinski definition) is 1. The first-order valence-electron chi connectivity index (χ1n) is 8.79. The van der Waals surface area contributed by atoms with Gasteiger partial charge in [0.15, 0.2) is 4.96 Å². The number of benzene rings is 2. The van der Waals surface area contributed by atoms with Crippen LogP contribution in [0.15, 0.2) is 69.8 Å². The van der Waals surface area contributed by atoms with E-state index in [9.17, 15) is 13.2 Å². The largest absolute Gasteiger partial charge is 0.485 e. The maximum absolute atomic E-state index is 12.7. The molecule has 0 radical (unpaired) electrons. The van der Waals surface area contributed by atoms with Crippen molar-refractivity contribution in [2.75, 3.05) is 4.72 Å². The van der Waals surface area contributed by atoms with Crippen molar-refractivity contribution in [3.8, 4) is 5.75 Å². The van der Waals surface area contributed by atoms with E-state index in [1.165, 1.54) is 46.1 Å². The summed E-state index contributed by atoms with van der Waals surface area (Å²) in [6.45, 7) is 1.88. The fraction of sp³-hybridized carbons (Fsp3) is 0.100. The summed E-state index contributed by atoms with van der Waals surface area (Å²) in [7, 11) is -3.83. The number of fused-ring (bicyclic) bond motifs is 1. The smallest absolute Gasteiger partial charge is 0.262 e. The zero-order valence-electron chi connectivity index (χ0n) is 15.7. The van der Waals surface area contributed by atoms with E-state index in [0.29, 0.717) is 21.4 Å². The summed E-state index contributed by atoms with van der Waals surface area (Å²) >= 11 is 7.18. The van der Waals surface area contributed by atoms with Gasteiger partial charge in [-0.25, -0.2) is 13.4 Å². The van der Waals surface area contributed by atoms with Crippen LogP contribution in [0.25, 0.3) is 4.96 Å². The van der Waals surface area contributed by atoms with Crippen LogP contribution >= 0.6 is 22.9 Å². The number of thiazole rings is 1. The molecule has 0 aliphatic rings. The Labute approximate surface area is 181 Å². The van der Waals surface area contributed by atoms with Gasteiger partial charge in [-0.2, -0.15) is 0 Å². The molecular formula is C20H16ClN3O4S2. The van der Waals surface area contributed by atoms with Gasteiger partial charge in [0.2, 0.25) is 0 Å². The summed E-state index contributed by atoms with van der Waals surface area (Å²) < 4.78 is 35.3. The quantitative estimate of drug-likeness (QED) is 0.467. The van der Waals surface area contributed by atoms with Gasteiger partial charge < -0.3 is 4.74 Å². The first kappa shape index (κ1) is 20.4. The summed E-state index contributed by atoms with van der Waals surface area (Å²) in [5.41, 5.74) is 1.42. The Hall–Kier alpha value is -2.88. The van der Waals surface area contributed by atoms with E-state index in [1.807, 2.05) is 6.92 Å². The first-order chi connectivity index (χ1) is 14.3. The lowest BCUT2D eigenvalue weighted by Crippen LogP contribution is -2.15. The fourth-order valence-corrected chi connectivity index (χ4v) is 4.70. The molecule has 0 atom stereocenters. The van der Waals surface area contributed by atoms with Gasteiger partial charge in [0.1, 0.15) is 12.4 Å². The van der Waals surface area contributed by atoms with Crippen molar-refractivity contribution in [3.63, 3.8) is 0 Å². The van der Waals surface area contributed by atoms with Crippen LogP contribution in [-0.2, 0) is 16.6 Å². The molecule has 154 valence electrons. The Bertz CT molecular complexity index is 1380.